The highest BCUT2D eigenvalue weighted by Gasteiger charge is 2.32. The molecule has 0 aromatic heterocycles. The van der Waals surface area contributed by atoms with Crippen LogP contribution in [0.1, 0.15) is 34.0 Å². The van der Waals surface area contributed by atoms with E-state index in [2.05, 4.69) is 17.2 Å². The molecule has 2 aromatic rings. The quantitative estimate of drug-likeness (QED) is 0.414. The Balaban J connectivity index is 2.11. The van der Waals surface area contributed by atoms with Gasteiger partial charge in [-0.25, -0.2) is 4.79 Å². The lowest BCUT2D eigenvalue weighted by molar-refractivity contribution is -0.138. The Morgan fingerprint density at radius 3 is 2.55 bits per heavy atom. The molecule has 152 valence electrons. The fourth-order valence-electron chi connectivity index (χ4n) is 2.41. The number of nitrogens with two attached hydrogens (primary N) is 1. The first-order valence-corrected chi connectivity index (χ1v) is 8.42. The molecule has 0 saturated heterocycles. The van der Waals surface area contributed by atoms with E-state index in [1.807, 2.05) is 0 Å². The van der Waals surface area contributed by atoms with Crippen LogP contribution in [0.25, 0.3) is 0 Å². The molecule has 0 aliphatic heterocycles. The molecule has 29 heavy (non-hydrogen) atoms. The third-order valence-electron chi connectivity index (χ3n) is 3.90. The number of hydrogen-bond donors (Lipinski definition) is 3. The van der Waals surface area contributed by atoms with E-state index in [1.165, 1.54) is 37.3 Å². The molecule has 4 N–H and O–H groups in total. The maximum Gasteiger partial charge on any atom is 0.416 e. The van der Waals surface area contributed by atoms with E-state index in [0.29, 0.717) is 5.56 Å². The van der Waals surface area contributed by atoms with Gasteiger partial charge in [-0.3, -0.25) is 10.0 Å². The Labute approximate surface area is 165 Å². The number of carbonyl (C=O) groups is 2. The number of amides is 3. The van der Waals surface area contributed by atoms with Crippen molar-refractivity contribution in [2.45, 2.75) is 25.7 Å². The van der Waals surface area contributed by atoms with Crippen LogP contribution in [0.2, 0.25) is 0 Å². The van der Waals surface area contributed by atoms with Crippen molar-refractivity contribution in [2.24, 2.45) is 5.73 Å². The summed E-state index contributed by atoms with van der Waals surface area (Å²) in [6, 6.07) is 9.15. The molecule has 0 radical (unpaired) electrons. The van der Waals surface area contributed by atoms with E-state index in [0.717, 1.165) is 6.07 Å². The zero-order chi connectivity index (χ0) is 21.6. The molecule has 3 amide bonds. The Kier molecular flexibility index (Phi) is 6.85. The summed E-state index contributed by atoms with van der Waals surface area (Å²) in [6.45, 7) is 1.16. The van der Waals surface area contributed by atoms with Crippen molar-refractivity contribution < 1.29 is 28.0 Å². The minimum atomic E-state index is -4.51. The number of nitrogens with zero attached hydrogens (tertiary/aromatic N) is 1. The van der Waals surface area contributed by atoms with Gasteiger partial charge in [-0.05, 0) is 36.8 Å². The summed E-state index contributed by atoms with van der Waals surface area (Å²) in [4.78, 5) is 23.2. The van der Waals surface area contributed by atoms with Crippen molar-refractivity contribution >= 4 is 11.9 Å². The number of primary amides is 1. The van der Waals surface area contributed by atoms with Crippen molar-refractivity contribution in [1.29, 1.82) is 0 Å². The van der Waals surface area contributed by atoms with Gasteiger partial charge in [0.05, 0.1) is 5.56 Å². The lowest BCUT2D eigenvalue weighted by Gasteiger charge is -2.14. The van der Waals surface area contributed by atoms with Gasteiger partial charge in [-0.15, -0.1) is 0 Å². The van der Waals surface area contributed by atoms with Gasteiger partial charge in [-0.2, -0.15) is 18.2 Å². The van der Waals surface area contributed by atoms with Crippen LogP contribution >= 0.6 is 0 Å². The highest BCUT2D eigenvalue weighted by molar-refractivity contribution is 5.94. The Morgan fingerprint density at radius 2 is 1.90 bits per heavy atom. The molecule has 1 atom stereocenters. The number of hydrogen-bond acceptors (Lipinski definition) is 3. The van der Waals surface area contributed by atoms with Crippen LogP contribution in [-0.4, -0.2) is 28.3 Å². The van der Waals surface area contributed by atoms with Crippen molar-refractivity contribution in [3.05, 3.63) is 70.8 Å². The van der Waals surface area contributed by atoms with Gasteiger partial charge in [0.2, 0.25) is 0 Å². The Bertz CT molecular complexity index is 964. The second-order valence-corrected chi connectivity index (χ2v) is 6.05. The van der Waals surface area contributed by atoms with E-state index in [-0.39, 0.29) is 22.7 Å². The maximum absolute atomic E-state index is 13.0. The number of urea groups is 1. The summed E-state index contributed by atoms with van der Waals surface area (Å²) in [5, 5.41) is 12.1. The van der Waals surface area contributed by atoms with Crippen molar-refractivity contribution in [1.82, 2.24) is 10.4 Å². The fourth-order valence-corrected chi connectivity index (χ4v) is 2.41. The zero-order valence-corrected chi connectivity index (χ0v) is 15.3. The molecule has 6 nitrogen and oxygen atoms in total. The molecular weight excluding hydrogens is 387 g/mol. The molecule has 2 aromatic carbocycles. The first-order chi connectivity index (χ1) is 13.6. The first-order valence-electron chi connectivity index (χ1n) is 8.42. The predicted octanol–water partition coefficient (Wildman–Crippen LogP) is 3.15. The van der Waals surface area contributed by atoms with E-state index in [4.69, 9.17) is 5.73 Å². The van der Waals surface area contributed by atoms with Crippen LogP contribution in [0, 0.1) is 11.8 Å². The van der Waals surface area contributed by atoms with Crippen molar-refractivity contribution in [2.75, 3.05) is 0 Å². The monoisotopic (exact) mass is 405 g/mol. The second kappa shape index (κ2) is 9.12. The van der Waals surface area contributed by atoms with Crippen LogP contribution in [0.3, 0.4) is 0 Å². The van der Waals surface area contributed by atoms with Gasteiger partial charge >= 0.3 is 12.2 Å². The lowest BCUT2D eigenvalue weighted by Crippen LogP contribution is -2.38. The summed E-state index contributed by atoms with van der Waals surface area (Å²) >= 11 is 0. The van der Waals surface area contributed by atoms with Gasteiger partial charge in [0.25, 0.3) is 5.91 Å². The fraction of sp³-hybridized carbons (Fsp3) is 0.200. The zero-order valence-electron chi connectivity index (χ0n) is 15.3. The standard InChI is InChI=1S/C20H18F3N3O3/c1-13(26(29)19(24)28)9-10-14-5-4-7-15(11-14)18(27)25-12-16-6-2-3-8-17(16)20(21,22)23/h2-8,11,13,29H,12H2,1H3,(H2,24,28)(H,25,27). The average Bonchev–Trinajstić information content (AvgIpc) is 2.69. The highest BCUT2D eigenvalue weighted by Crippen LogP contribution is 2.31. The molecule has 0 fully saturated rings. The van der Waals surface area contributed by atoms with Gasteiger partial charge in [0.1, 0.15) is 6.04 Å². The van der Waals surface area contributed by atoms with Crippen molar-refractivity contribution in [3.63, 3.8) is 0 Å². The minimum absolute atomic E-state index is 0.0485. The number of rotatable bonds is 4. The second-order valence-electron chi connectivity index (χ2n) is 6.05. The SMILES string of the molecule is CC(C#Cc1cccc(C(=O)NCc2ccccc2C(F)(F)F)c1)N(O)C(N)=O. The molecule has 0 heterocycles. The normalized spacial score (nSPS) is 11.8. The third-order valence-corrected chi connectivity index (χ3v) is 3.90. The molecule has 0 aliphatic carbocycles. The molecule has 9 heteroatoms. The Hall–Kier alpha value is -3.51. The highest BCUT2D eigenvalue weighted by atomic mass is 19.4. The number of alkyl halides is 3. The number of halogens is 3. The predicted molar refractivity (Wildman–Crippen MR) is 98.6 cm³/mol. The smallest absolute Gasteiger partial charge is 0.350 e. The number of benzene rings is 2. The number of nitrogens with one attached hydrogen (secondary N) is 1. The Morgan fingerprint density at radius 1 is 1.21 bits per heavy atom. The van der Waals surface area contributed by atoms with Gasteiger partial charge < -0.3 is 11.1 Å². The summed E-state index contributed by atoms with van der Waals surface area (Å²) in [6.07, 6.45) is -4.51. The molecule has 0 saturated carbocycles. The van der Waals surface area contributed by atoms with Crippen LogP contribution < -0.4 is 11.1 Å². The van der Waals surface area contributed by atoms with Crippen molar-refractivity contribution in [3.8, 4) is 11.8 Å². The van der Waals surface area contributed by atoms with Crippen LogP contribution in [-0.2, 0) is 12.7 Å². The summed E-state index contributed by atoms with van der Waals surface area (Å²) < 4.78 is 39.1. The first kappa shape index (κ1) is 21.8. The summed E-state index contributed by atoms with van der Waals surface area (Å²) in [5.41, 5.74) is 4.69. The molecule has 0 aliphatic rings. The third kappa shape index (κ3) is 5.99. The molecular formula is C20H18F3N3O3. The average molecular weight is 405 g/mol. The van der Waals surface area contributed by atoms with E-state index in [9.17, 15) is 28.0 Å². The topological polar surface area (TPSA) is 95.7 Å². The largest absolute Gasteiger partial charge is 0.416 e. The van der Waals surface area contributed by atoms with Crippen LogP contribution in [0.5, 0.6) is 0 Å². The molecule has 2 rings (SSSR count). The minimum Gasteiger partial charge on any atom is -0.350 e. The van der Waals surface area contributed by atoms with Gasteiger partial charge in [-0.1, -0.05) is 36.1 Å². The number of hydroxylamine groups is 2. The van der Waals surface area contributed by atoms with E-state index in [1.54, 1.807) is 12.1 Å². The van der Waals surface area contributed by atoms with E-state index < -0.39 is 29.7 Å². The molecule has 0 bridgehead atoms. The van der Waals surface area contributed by atoms with Crippen LogP contribution in [0.15, 0.2) is 48.5 Å². The summed E-state index contributed by atoms with van der Waals surface area (Å²) in [7, 11) is 0. The number of carbonyl (C=O) groups excluding carboxylic acids is 2. The lowest BCUT2D eigenvalue weighted by atomic mass is 10.1. The van der Waals surface area contributed by atoms with E-state index >= 15 is 0 Å². The molecule has 0 spiro atoms. The van der Waals surface area contributed by atoms with Gasteiger partial charge in [0, 0.05) is 17.7 Å². The van der Waals surface area contributed by atoms with Crippen LogP contribution in [0.4, 0.5) is 18.0 Å². The van der Waals surface area contributed by atoms with Gasteiger partial charge in [0.15, 0.2) is 0 Å². The summed E-state index contributed by atoms with van der Waals surface area (Å²) in [5.74, 6) is 4.72. The maximum atomic E-state index is 13.0. The molecule has 1 unspecified atom stereocenters.